The minimum atomic E-state index is 0.247. The van der Waals surface area contributed by atoms with Gasteiger partial charge in [0.05, 0.1) is 11.1 Å². The van der Waals surface area contributed by atoms with Crippen molar-refractivity contribution < 1.29 is 4.74 Å². The van der Waals surface area contributed by atoms with Crippen molar-refractivity contribution in [1.82, 2.24) is 0 Å². The van der Waals surface area contributed by atoms with Crippen LogP contribution in [0.15, 0.2) is 24.3 Å². The summed E-state index contributed by atoms with van der Waals surface area (Å²) in [6.07, 6.45) is 6.48. The molecule has 0 spiro atoms. The Morgan fingerprint density at radius 1 is 1.19 bits per heavy atom. The Labute approximate surface area is 104 Å². The maximum atomic E-state index is 6.03. The van der Waals surface area contributed by atoms with Gasteiger partial charge in [0.2, 0.25) is 0 Å². The van der Waals surface area contributed by atoms with Gasteiger partial charge in [0.25, 0.3) is 0 Å². The highest BCUT2D eigenvalue weighted by atomic mass is 35.5. The van der Waals surface area contributed by atoms with Gasteiger partial charge >= 0.3 is 0 Å². The molecular weight excluding hydrogens is 220 g/mol. The fraction of sp³-hybridized carbons (Fsp3) is 0.571. The molecule has 0 saturated carbocycles. The van der Waals surface area contributed by atoms with Crippen molar-refractivity contribution in [3.05, 3.63) is 29.3 Å². The fourth-order valence-corrected chi connectivity index (χ4v) is 1.85. The van der Waals surface area contributed by atoms with E-state index in [4.69, 9.17) is 16.3 Å². The topological polar surface area (TPSA) is 9.23 Å². The lowest BCUT2D eigenvalue weighted by molar-refractivity contribution is 0.206. The van der Waals surface area contributed by atoms with Crippen molar-refractivity contribution >= 4 is 11.6 Å². The van der Waals surface area contributed by atoms with E-state index in [2.05, 4.69) is 13.8 Å². The van der Waals surface area contributed by atoms with E-state index in [0.29, 0.717) is 5.02 Å². The van der Waals surface area contributed by atoms with Crippen LogP contribution in [0.1, 0.15) is 46.0 Å². The maximum Gasteiger partial charge on any atom is 0.138 e. The normalized spacial score (nSPS) is 12.4. The fourth-order valence-electron chi connectivity index (χ4n) is 1.67. The van der Waals surface area contributed by atoms with Gasteiger partial charge < -0.3 is 4.74 Å². The van der Waals surface area contributed by atoms with Gasteiger partial charge in [-0.15, -0.1) is 0 Å². The summed E-state index contributed by atoms with van der Waals surface area (Å²) in [4.78, 5) is 0. The molecule has 0 amide bonds. The molecule has 1 atom stereocenters. The molecule has 90 valence electrons. The molecule has 0 heterocycles. The van der Waals surface area contributed by atoms with Gasteiger partial charge in [0.15, 0.2) is 0 Å². The molecule has 0 fully saturated rings. The van der Waals surface area contributed by atoms with E-state index in [-0.39, 0.29) is 6.10 Å². The van der Waals surface area contributed by atoms with Gasteiger partial charge in [-0.3, -0.25) is 0 Å². The molecule has 0 radical (unpaired) electrons. The standard InChI is InChI=1S/C14H21ClO/c1-3-4-5-6-9-12(2)16-14-11-8-7-10-13(14)15/h7-8,10-12H,3-6,9H2,1-2H3/t12-/m0/s1. The number of ether oxygens (including phenoxy) is 1. The van der Waals surface area contributed by atoms with Crippen molar-refractivity contribution in [1.29, 1.82) is 0 Å². The first-order valence-corrected chi connectivity index (χ1v) is 6.53. The molecule has 0 aliphatic heterocycles. The number of hydrogen-bond donors (Lipinski definition) is 0. The Hall–Kier alpha value is -0.690. The summed E-state index contributed by atoms with van der Waals surface area (Å²) in [5.74, 6) is 0.798. The van der Waals surface area contributed by atoms with Crippen LogP contribution in [0.2, 0.25) is 5.02 Å². The Balaban J connectivity index is 2.28. The van der Waals surface area contributed by atoms with Crippen LogP contribution in [0.3, 0.4) is 0 Å². The molecule has 1 aromatic rings. The number of unbranched alkanes of at least 4 members (excludes halogenated alkanes) is 3. The molecular formula is C14H21ClO. The third-order valence-corrected chi connectivity index (χ3v) is 2.94. The van der Waals surface area contributed by atoms with Gasteiger partial charge in [0.1, 0.15) is 5.75 Å². The van der Waals surface area contributed by atoms with E-state index >= 15 is 0 Å². The van der Waals surface area contributed by atoms with Gasteiger partial charge in [0, 0.05) is 0 Å². The second-order valence-corrected chi connectivity index (χ2v) is 4.62. The summed E-state index contributed by atoms with van der Waals surface area (Å²) in [5, 5.41) is 0.697. The molecule has 1 aromatic carbocycles. The Morgan fingerprint density at radius 2 is 1.94 bits per heavy atom. The van der Waals surface area contributed by atoms with E-state index in [1.54, 1.807) is 0 Å². The monoisotopic (exact) mass is 240 g/mol. The van der Waals surface area contributed by atoms with Gasteiger partial charge in [-0.25, -0.2) is 0 Å². The first kappa shape index (κ1) is 13.4. The number of rotatable bonds is 7. The van der Waals surface area contributed by atoms with Crippen molar-refractivity contribution in [2.24, 2.45) is 0 Å². The summed E-state index contributed by atoms with van der Waals surface area (Å²) < 4.78 is 5.79. The molecule has 0 aliphatic carbocycles. The maximum absolute atomic E-state index is 6.03. The number of para-hydroxylation sites is 1. The van der Waals surface area contributed by atoms with Crippen LogP contribution in [-0.4, -0.2) is 6.10 Å². The summed E-state index contributed by atoms with van der Waals surface area (Å²) in [7, 11) is 0. The van der Waals surface area contributed by atoms with Crippen LogP contribution in [0.4, 0.5) is 0 Å². The molecule has 2 heteroatoms. The van der Waals surface area contributed by atoms with Gasteiger partial charge in [-0.2, -0.15) is 0 Å². The molecule has 0 aromatic heterocycles. The zero-order valence-corrected chi connectivity index (χ0v) is 11.0. The number of hydrogen-bond acceptors (Lipinski definition) is 1. The predicted molar refractivity (Wildman–Crippen MR) is 70.3 cm³/mol. The zero-order valence-electron chi connectivity index (χ0n) is 10.2. The molecule has 0 aliphatic rings. The van der Waals surface area contributed by atoms with Crippen LogP contribution in [0.5, 0.6) is 5.75 Å². The molecule has 16 heavy (non-hydrogen) atoms. The average Bonchev–Trinajstić information content (AvgIpc) is 2.28. The van der Waals surface area contributed by atoms with Crippen LogP contribution < -0.4 is 4.74 Å². The van der Waals surface area contributed by atoms with Crippen LogP contribution >= 0.6 is 11.6 Å². The van der Waals surface area contributed by atoms with Gasteiger partial charge in [-0.1, -0.05) is 49.9 Å². The molecule has 1 nitrogen and oxygen atoms in total. The first-order chi connectivity index (χ1) is 7.74. The molecule has 1 rings (SSSR count). The lowest BCUT2D eigenvalue weighted by atomic mass is 10.1. The summed E-state index contributed by atoms with van der Waals surface area (Å²) in [5.41, 5.74) is 0. The average molecular weight is 241 g/mol. The predicted octanol–water partition coefficient (Wildman–Crippen LogP) is 5.08. The van der Waals surface area contributed by atoms with E-state index in [1.165, 1.54) is 25.7 Å². The van der Waals surface area contributed by atoms with E-state index in [0.717, 1.165) is 12.2 Å². The highest BCUT2D eigenvalue weighted by molar-refractivity contribution is 6.32. The minimum Gasteiger partial charge on any atom is -0.489 e. The Kier molecular flexibility index (Phi) is 6.32. The first-order valence-electron chi connectivity index (χ1n) is 6.15. The van der Waals surface area contributed by atoms with E-state index in [9.17, 15) is 0 Å². The van der Waals surface area contributed by atoms with Crippen LogP contribution in [0, 0.1) is 0 Å². The van der Waals surface area contributed by atoms with Gasteiger partial charge in [-0.05, 0) is 31.9 Å². The van der Waals surface area contributed by atoms with E-state index < -0.39 is 0 Å². The smallest absolute Gasteiger partial charge is 0.138 e. The third-order valence-electron chi connectivity index (χ3n) is 2.63. The Morgan fingerprint density at radius 3 is 2.62 bits per heavy atom. The van der Waals surface area contributed by atoms with Crippen molar-refractivity contribution in [2.75, 3.05) is 0 Å². The molecule has 0 bridgehead atoms. The van der Waals surface area contributed by atoms with Crippen molar-refractivity contribution in [3.8, 4) is 5.75 Å². The SMILES string of the molecule is CCCCCC[C@H](C)Oc1ccccc1Cl. The Bertz CT molecular complexity index is 299. The molecule has 0 unspecified atom stereocenters. The second kappa shape index (κ2) is 7.56. The summed E-state index contributed by atoms with van der Waals surface area (Å²) >= 11 is 6.03. The van der Waals surface area contributed by atoms with Crippen molar-refractivity contribution in [2.45, 2.75) is 52.1 Å². The molecule has 0 N–H and O–H groups in total. The van der Waals surface area contributed by atoms with Crippen molar-refractivity contribution in [3.63, 3.8) is 0 Å². The number of benzene rings is 1. The quantitative estimate of drug-likeness (QED) is 0.604. The van der Waals surface area contributed by atoms with E-state index in [1.807, 2.05) is 24.3 Å². The van der Waals surface area contributed by atoms with Crippen LogP contribution in [0.25, 0.3) is 0 Å². The second-order valence-electron chi connectivity index (χ2n) is 4.21. The lowest BCUT2D eigenvalue weighted by Gasteiger charge is -2.15. The number of halogens is 1. The summed E-state index contributed by atoms with van der Waals surface area (Å²) in [6, 6.07) is 7.65. The molecule has 0 saturated heterocycles. The zero-order chi connectivity index (χ0) is 11.8. The highest BCUT2D eigenvalue weighted by Crippen LogP contribution is 2.25. The van der Waals surface area contributed by atoms with Crippen LogP contribution in [-0.2, 0) is 0 Å². The largest absolute Gasteiger partial charge is 0.489 e. The minimum absolute atomic E-state index is 0.247. The summed E-state index contributed by atoms with van der Waals surface area (Å²) in [6.45, 7) is 4.33. The third kappa shape index (κ3) is 4.89. The highest BCUT2D eigenvalue weighted by Gasteiger charge is 2.06. The lowest BCUT2D eigenvalue weighted by Crippen LogP contribution is -2.11.